The monoisotopic (exact) mass is 277 g/mol. The van der Waals surface area contributed by atoms with Crippen LogP contribution in [0.4, 0.5) is 5.69 Å². The minimum atomic E-state index is -0.668. The number of benzene rings is 1. The maximum Gasteiger partial charge on any atom is 0.254 e. The van der Waals surface area contributed by atoms with Crippen LogP contribution in [0, 0.1) is 6.92 Å². The highest BCUT2D eigenvalue weighted by atomic mass is 35.5. The Morgan fingerprint density at radius 3 is 2.74 bits per heavy atom. The molecule has 0 radical (unpaired) electrons. The van der Waals surface area contributed by atoms with Crippen molar-refractivity contribution in [2.75, 3.05) is 5.73 Å². The van der Waals surface area contributed by atoms with Crippen LogP contribution in [-0.2, 0) is 0 Å². The van der Waals surface area contributed by atoms with Crippen molar-refractivity contribution in [3.63, 3.8) is 0 Å². The van der Waals surface area contributed by atoms with Gasteiger partial charge in [-0.25, -0.2) is 4.98 Å². The second-order valence-electron chi connectivity index (χ2n) is 4.02. The molecule has 1 heterocycles. The number of primary amides is 1. The molecule has 1 amide bonds. The number of halogens is 1. The van der Waals surface area contributed by atoms with E-state index in [9.17, 15) is 4.79 Å². The lowest BCUT2D eigenvalue weighted by Crippen LogP contribution is -2.13. The Morgan fingerprint density at radius 2 is 2.11 bits per heavy atom. The van der Waals surface area contributed by atoms with Gasteiger partial charge in [0.15, 0.2) is 0 Å². The first-order chi connectivity index (χ1) is 8.97. The third-order valence-corrected chi connectivity index (χ3v) is 2.73. The number of aromatic nitrogens is 1. The molecule has 0 atom stereocenters. The fourth-order valence-electron chi connectivity index (χ4n) is 1.52. The first-order valence-corrected chi connectivity index (χ1v) is 5.84. The second-order valence-corrected chi connectivity index (χ2v) is 4.43. The lowest BCUT2D eigenvalue weighted by atomic mass is 10.2. The number of hydrogen-bond acceptors (Lipinski definition) is 4. The molecule has 0 aliphatic carbocycles. The fourth-order valence-corrected chi connectivity index (χ4v) is 1.79. The number of rotatable bonds is 3. The van der Waals surface area contributed by atoms with Crippen LogP contribution >= 0.6 is 11.6 Å². The van der Waals surface area contributed by atoms with Gasteiger partial charge >= 0.3 is 0 Å². The third-order valence-electron chi connectivity index (χ3n) is 2.43. The molecule has 0 unspecified atom stereocenters. The number of aryl methyl sites for hydroxylation is 1. The number of nitrogens with two attached hydrogens (primary N) is 2. The number of pyridine rings is 1. The molecule has 0 aliphatic heterocycles. The van der Waals surface area contributed by atoms with Crippen LogP contribution in [0.15, 0.2) is 30.5 Å². The van der Waals surface area contributed by atoms with E-state index in [1.54, 1.807) is 12.1 Å². The molecule has 0 spiro atoms. The second kappa shape index (κ2) is 5.16. The summed E-state index contributed by atoms with van der Waals surface area (Å²) < 4.78 is 5.51. The van der Waals surface area contributed by atoms with Gasteiger partial charge in [-0.05, 0) is 30.7 Å². The number of hydrogen-bond donors (Lipinski definition) is 2. The Labute approximate surface area is 115 Å². The molecule has 2 rings (SSSR count). The lowest BCUT2D eigenvalue weighted by Gasteiger charge is -2.10. The number of carbonyl (C=O) groups excluding carboxylic acids is 1. The molecule has 2 aromatic rings. The predicted octanol–water partition coefficient (Wildman–Crippen LogP) is 2.52. The molecule has 0 aliphatic rings. The number of ether oxygens (including phenoxy) is 1. The highest BCUT2D eigenvalue weighted by Crippen LogP contribution is 2.31. The van der Waals surface area contributed by atoms with Gasteiger partial charge in [-0.15, -0.1) is 0 Å². The van der Waals surface area contributed by atoms with E-state index < -0.39 is 5.91 Å². The summed E-state index contributed by atoms with van der Waals surface area (Å²) in [4.78, 5) is 15.3. The van der Waals surface area contributed by atoms with E-state index in [4.69, 9.17) is 27.8 Å². The standard InChI is InChI=1S/C13H12ClN3O2/c1-7-2-3-11(10(14)4-7)19-13-9(12(16)18)5-8(15)6-17-13/h2-6H,15H2,1H3,(H2,16,18). The van der Waals surface area contributed by atoms with Crippen LogP contribution in [0.2, 0.25) is 5.02 Å². The molecule has 0 bridgehead atoms. The molecular weight excluding hydrogens is 266 g/mol. The first kappa shape index (κ1) is 13.2. The summed E-state index contributed by atoms with van der Waals surface area (Å²) in [6.45, 7) is 1.91. The van der Waals surface area contributed by atoms with Gasteiger partial charge in [0.1, 0.15) is 11.3 Å². The molecule has 1 aromatic heterocycles. The van der Waals surface area contributed by atoms with Crippen LogP contribution in [-0.4, -0.2) is 10.9 Å². The molecule has 6 heteroatoms. The zero-order chi connectivity index (χ0) is 14.0. The Balaban J connectivity index is 2.40. The molecule has 19 heavy (non-hydrogen) atoms. The summed E-state index contributed by atoms with van der Waals surface area (Å²) in [7, 11) is 0. The molecule has 1 aromatic carbocycles. The predicted molar refractivity (Wildman–Crippen MR) is 73.4 cm³/mol. The molecule has 4 N–H and O–H groups in total. The minimum Gasteiger partial charge on any atom is -0.437 e. The van der Waals surface area contributed by atoms with Gasteiger partial charge < -0.3 is 16.2 Å². The summed E-state index contributed by atoms with van der Waals surface area (Å²) in [6.07, 6.45) is 1.38. The van der Waals surface area contributed by atoms with Crippen LogP contribution in [0.5, 0.6) is 11.6 Å². The lowest BCUT2D eigenvalue weighted by molar-refractivity contribution is 0.0997. The molecule has 0 saturated heterocycles. The highest BCUT2D eigenvalue weighted by molar-refractivity contribution is 6.32. The average molecular weight is 278 g/mol. The van der Waals surface area contributed by atoms with Crippen molar-refractivity contribution in [1.29, 1.82) is 0 Å². The SMILES string of the molecule is Cc1ccc(Oc2ncc(N)cc2C(N)=O)c(Cl)c1. The van der Waals surface area contributed by atoms with E-state index in [0.717, 1.165) is 5.56 Å². The van der Waals surface area contributed by atoms with E-state index in [-0.39, 0.29) is 11.4 Å². The zero-order valence-electron chi connectivity index (χ0n) is 10.2. The number of nitrogen functional groups attached to an aromatic ring is 1. The number of carbonyl (C=O) groups is 1. The van der Waals surface area contributed by atoms with Crippen LogP contribution in [0.3, 0.4) is 0 Å². The number of nitrogens with zero attached hydrogens (tertiary/aromatic N) is 1. The van der Waals surface area contributed by atoms with Crippen molar-refractivity contribution in [2.24, 2.45) is 5.73 Å². The first-order valence-electron chi connectivity index (χ1n) is 5.46. The summed E-state index contributed by atoms with van der Waals surface area (Å²) in [5.41, 5.74) is 12.2. The quantitative estimate of drug-likeness (QED) is 0.902. The normalized spacial score (nSPS) is 10.2. The summed E-state index contributed by atoms with van der Waals surface area (Å²) in [5.74, 6) is -0.197. The number of amides is 1. The highest BCUT2D eigenvalue weighted by Gasteiger charge is 2.14. The Hall–Kier alpha value is -2.27. The maximum atomic E-state index is 11.3. The van der Waals surface area contributed by atoms with Crippen molar-refractivity contribution in [1.82, 2.24) is 4.98 Å². The topological polar surface area (TPSA) is 91.2 Å². The van der Waals surface area contributed by atoms with Gasteiger partial charge in [-0.3, -0.25) is 4.79 Å². The molecular formula is C13H12ClN3O2. The van der Waals surface area contributed by atoms with E-state index in [1.165, 1.54) is 12.3 Å². The molecule has 0 saturated carbocycles. The van der Waals surface area contributed by atoms with Crippen LogP contribution in [0.1, 0.15) is 15.9 Å². The van der Waals surface area contributed by atoms with E-state index in [0.29, 0.717) is 16.5 Å². The van der Waals surface area contributed by atoms with Gasteiger partial charge in [0.25, 0.3) is 5.91 Å². The van der Waals surface area contributed by atoms with E-state index in [2.05, 4.69) is 4.98 Å². The Morgan fingerprint density at radius 1 is 1.37 bits per heavy atom. The van der Waals surface area contributed by atoms with Gasteiger partial charge in [-0.1, -0.05) is 17.7 Å². The van der Waals surface area contributed by atoms with E-state index >= 15 is 0 Å². The van der Waals surface area contributed by atoms with E-state index in [1.807, 2.05) is 13.0 Å². The molecule has 98 valence electrons. The van der Waals surface area contributed by atoms with Crippen molar-refractivity contribution < 1.29 is 9.53 Å². The smallest absolute Gasteiger partial charge is 0.254 e. The van der Waals surface area contributed by atoms with Crippen molar-refractivity contribution in [2.45, 2.75) is 6.92 Å². The summed E-state index contributed by atoms with van der Waals surface area (Å²) in [5, 5.41) is 0.425. The Kier molecular flexibility index (Phi) is 3.57. The Bertz CT molecular complexity index is 644. The zero-order valence-corrected chi connectivity index (χ0v) is 10.9. The molecule has 0 fully saturated rings. The largest absolute Gasteiger partial charge is 0.437 e. The van der Waals surface area contributed by atoms with Crippen molar-refractivity contribution in [3.05, 3.63) is 46.6 Å². The number of anilines is 1. The van der Waals surface area contributed by atoms with Crippen LogP contribution < -0.4 is 16.2 Å². The van der Waals surface area contributed by atoms with Gasteiger partial charge in [0.05, 0.1) is 16.9 Å². The van der Waals surface area contributed by atoms with Gasteiger partial charge in [0, 0.05) is 0 Å². The third kappa shape index (κ3) is 2.95. The minimum absolute atomic E-state index is 0.0763. The van der Waals surface area contributed by atoms with Gasteiger partial charge in [0.2, 0.25) is 5.88 Å². The average Bonchev–Trinajstić information content (AvgIpc) is 2.34. The van der Waals surface area contributed by atoms with Gasteiger partial charge in [-0.2, -0.15) is 0 Å². The fraction of sp³-hybridized carbons (Fsp3) is 0.0769. The summed E-state index contributed by atoms with van der Waals surface area (Å²) in [6, 6.07) is 6.69. The summed E-state index contributed by atoms with van der Waals surface area (Å²) >= 11 is 6.05. The van der Waals surface area contributed by atoms with Crippen LogP contribution in [0.25, 0.3) is 0 Å². The molecule has 5 nitrogen and oxygen atoms in total. The maximum absolute atomic E-state index is 11.3. The van der Waals surface area contributed by atoms with Crippen molar-refractivity contribution >= 4 is 23.2 Å². The van der Waals surface area contributed by atoms with Crippen molar-refractivity contribution in [3.8, 4) is 11.6 Å².